The van der Waals surface area contributed by atoms with Gasteiger partial charge in [-0.25, -0.2) is 4.98 Å². The van der Waals surface area contributed by atoms with Gasteiger partial charge in [-0.3, -0.25) is 10.1 Å². The number of thioether (sulfide) groups is 1. The van der Waals surface area contributed by atoms with E-state index >= 15 is 0 Å². The van der Waals surface area contributed by atoms with Gasteiger partial charge >= 0.3 is 5.97 Å². The fourth-order valence-electron chi connectivity index (χ4n) is 1.90. The largest absolute Gasteiger partial charge is 0.468 e. The van der Waals surface area contributed by atoms with Crippen molar-refractivity contribution in [3.63, 3.8) is 0 Å². The molecule has 0 aromatic carbocycles. The summed E-state index contributed by atoms with van der Waals surface area (Å²) in [4.78, 5) is 16.2. The van der Waals surface area contributed by atoms with Crippen molar-refractivity contribution < 1.29 is 9.53 Å². The number of hydrogen-bond acceptors (Lipinski definition) is 5. The van der Waals surface area contributed by atoms with Crippen molar-refractivity contribution in [2.45, 2.75) is 43.8 Å². The number of ether oxygens (including phenoxy) is 1. The summed E-state index contributed by atoms with van der Waals surface area (Å²) >= 11 is 4.99. The van der Waals surface area contributed by atoms with Gasteiger partial charge in [0.15, 0.2) is 0 Å². The number of carbonyl (C=O) groups is 1. The maximum absolute atomic E-state index is 11.9. The minimum atomic E-state index is -0.661. The Morgan fingerprint density at radius 3 is 2.75 bits per heavy atom. The molecule has 1 aromatic heterocycles. The predicted octanol–water partition coefficient (Wildman–Crippen LogP) is 3.26. The van der Waals surface area contributed by atoms with Crippen molar-refractivity contribution >= 4 is 33.7 Å². The van der Waals surface area contributed by atoms with Crippen LogP contribution < -0.4 is 5.32 Å². The first-order chi connectivity index (χ1) is 9.37. The smallest absolute Gasteiger partial charge is 0.325 e. The number of halogens is 1. The molecule has 6 heteroatoms. The number of rotatable bonds is 7. The van der Waals surface area contributed by atoms with Crippen LogP contribution in [0.4, 0.5) is 0 Å². The maximum atomic E-state index is 11.9. The summed E-state index contributed by atoms with van der Waals surface area (Å²) < 4.78 is 5.86. The second kappa shape index (κ2) is 8.00. The van der Waals surface area contributed by atoms with Crippen molar-refractivity contribution in [2.75, 3.05) is 12.9 Å². The first kappa shape index (κ1) is 17.5. The van der Waals surface area contributed by atoms with E-state index in [9.17, 15) is 4.79 Å². The first-order valence-electron chi connectivity index (χ1n) is 6.48. The molecule has 1 aromatic rings. The van der Waals surface area contributed by atoms with Gasteiger partial charge in [-0.2, -0.15) is 0 Å². The standard InChI is InChI=1S/C14H21BrN2O2S/c1-10(2)17-14(3,13(18)19-4)7-8-20-12-6-5-11(15)9-16-12/h5-6,9-10,17H,7-8H2,1-4H3. The quantitative estimate of drug-likeness (QED) is 0.597. The van der Waals surface area contributed by atoms with E-state index in [4.69, 9.17) is 4.74 Å². The van der Waals surface area contributed by atoms with Gasteiger partial charge < -0.3 is 4.74 Å². The van der Waals surface area contributed by atoms with Crippen molar-refractivity contribution in [3.8, 4) is 0 Å². The van der Waals surface area contributed by atoms with Crippen LogP contribution in [-0.2, 0) is 9.53 Å². The monoisotopic (exact) mass is 360 g/mol. The summed E-state index contributed by atoms with van der Waals surface area (Å²) in [7, 11) is 1.42. The number of aromatic nitrogens is 1. The van der Waals surface area contributed by atoms with Gasteiger partial charge in [0.2, 0.25) is 0 Å². The minimum absolute atomic E-state index is 0.218. The van der Waals surface area contributed by atoms with Crippen LogP contribution in [0.15, 0.2) is 27.8 Å². The zero-order valence-electron chi connectivity index (χ0n) is 12.3. The molecule has 1 heterocycles. The Labute approximate surface area is 133 Å². The molecule has 1 rings (SSSR count). The van der Waals surface area contributed by atoms with E-state index < -0.39 is 5.54 Å². The van der Waals surface area contributed by atoms with Crippen molar-refractivity contribution in [2.24, 2.45) is 0 Å². The Morgan fingerprint density at radius 2 is 2.25 bits per heavy atom. The number of hydrogen-bond donors (Lipinski definition) is 1. The van der Waals surface area contributed by atoms with E-state index in [-0.39, 0.29) is 12.0 Å². The maximum Gasteiger partial charge on any atom is 0.325 e. The van der Waals surface area contributed by atoms with Gasteiger partial charge in [0.25, 0.3) is 0 Å². The van der Waals surface area contributed by atoms with Gasteiger partial charge in [-0.15, -0.1) is 11.8 Å². The molecule has 0 saturated carbocycles. The lowest BCUT2D eigenvalue weighted by Gasteiger charge is -2.30. The highest BCUT2D eigenvalue weighted by Crippen LogP contribution is 2.22. The van der Waals surface area contributed by atoms with Gasteiger partial charge in [0.1, 0.15) is 5.54 Å². The Bertz CT molecular complexity index is 439. The van der Waals surface area contributed by atoms with Gasteiger partial charge in [0.05, 0.1) is 12.1 Å². The minimum Gasteiger partial charge on any atom is -0.468 e. The molecule has 0 aliphatic carbocycles. The highest BCUT2D eigenvalue weighted by atomic mass is 79.9. The van der Waals surface area contributed by atoms with E-state index in [1.807, 2.05) is 32.9 Å². The van der Waals surface area contributed by atoms with E-state index in [1.165, 1.54) is 7.11 Å². The van der Waals surface area contributed by atoms with E-state index in [1.54, 1.807) is 18.0 Å². The molecule has 1 unspecified atom stereocenters. The van der Waals surface area contributed by atoms with Crippen LogP contribution in [0.2, 0.25) is 0 Å². The Morgan fingerprint density at radius 1 is 1.55 bits per heavy atom. The number of nitrogens with zero attached hydrogens (tertiary/aromatic N) is 1. The fraction of sp³-hybridized carbons (Fsp3) is 0.571. The molecule has 1 atom stereocenters. The molecule has 1 N–H and O–H groups in total. The van der Waals surface area contributed by atoms with Crippen LogP contribution in [0.1, 0.15) is 27.2 Å². The summed E-state index contributed by atoms with van der Waals surface area (Å²) in [5, 5.41) is 4.24. The number of nitrogens with one attached hydrogen (secondary N) is 1. The van der Waals surface area contributed by atoms with Crippen LogP contribution in [0, 0.1) is 0 Å². The molecule has 112 valence electrons. The molecule has 0 aliphatic rings. The zero-order valence-corrected chi connectivity index (χ0v) is 14.7. The Hall–Kier alpha value is -0.590. The molecule has 0 fully saturated rings. The molecule has 0 bridgehead atoms. The average molecular weight is 361 g/mol. The topological polar surface area (TPSA) is 51.2 Å². The molecule has 0 spiro atoms. The fourth-order valence-corrected chi connectivity index (χ4v) is 3.15. The average Bonchev–Trinajstić information content (AvgIpc) is 2.39. The summed E-state index contributed by atoms with van der Waals surface area (Å²) in [6.45, 7) is 5.92. The highest BCUT2D eigenvalue weighted by Gasteiger charge is 2.34. The molecule has 0 amide bonds. The Balaban J connectivity index is 2.58. The first-order valence-corrected chi connectivity index (χ1v) is 8.25. The lowest BCUT2D eigenvalue weighted by Crippen LogP contribution is -2.53. The van der Waals surface area contributed by atoms with Gasteiger partial charge in [-0.1, -0.05) is 0 Å². The lowest BCUT2D eigenvalue weighted by atomic mass is 9.98. The van der Waals surface area contributed by atoms with E-state index in [0.29, 0.717) is 6.42 Å². The van der Waals surface area contributed by atoms with Gasteiger partial charge in [-0.05, 0) is 55.3 Å². The Kier molecular flexibility index (Phi) is 6.99. The second-order valence-corrected chi connectivity index (χ2v) is 7.07. The molecule has 20 heavy (non-hydrogen) atoms. The third-order valence-corrected chi connectivity index (χ3v) is 4.21. The van der Waals surface area contributed by atoms with E-state index in [2.05, 4.69) is 26.2 Å². The molecule has 0 aliphatic heterocycles. The lowest BCUT2D eigenvalue weighted by molar-refractivity contribution is -0.148. The van der Waals surface area contributed by atoms with Crippen LogP contribution >= 0.6 is 27.7 Å². The number of carbonyl (C=O) groups excluding carboxylic acids is 1. The second-order valence-electron chi connectivity index (χ2n) is 5.04. The SMILES string of the molecule is COC(=O)C(C)(CCSc1ccc(Br)cn1)NC(C)C. The van der Waals surface area contributed by atoms with Crippen LogP contribution in [0.5, 0.6) is 0 Å². The zero-order chi connectivity index (χ0) is 15.2. The van der Waals surface area contributed by atoms with Crippen molar-refractivity contribution in [1.29, 1.82) is 0 Å². The normalized spacial score (nSPS) is 14.1. The summed E-state index contributed by atoms with van der Waals surface area (Å²) in [5.74, 6) is 0.565. The summed E-state index contributed by atoms with van der Waals surface area (Å²) in [5.41, 5.74) is -0.661. The molecular formula is C14H21BrN2O2S. The molecule has 4 nitrogen and oxygen atoms in total. The van der Waals surface area contributed by atoms with E-state index in [0.717, 1.165) is 15.3 Å². The highest BCUT2D eigenvalue weighted by molar-refractivity contribution is 9.10. The third-order valence-electron chi connectivity index (χ3n) is 2.80. The van der Waals surface area contributed by atoms with Crippen LogP contribution in [-0.4, -0.2) is 35.4 Å². The van der Waals surface area contributed by atoms with Crippen LogP contribution in [0.3, 0.4) is 0 Å². The summed E-state index contributed by atoms with van der Waals surface area (Å²) in [6.07, 6.45) is 2.45. The number of methoxy groups -OCH3 is 1. The van der Waals surface area contributed by atoms with Crippen molar-refractivity contribution in [3.05, 3.63) is 22.8 Å². The van der Waals surface area contributed by atoms with Crippen LogP contribution in [0.25, 0.3) is 0 Å². The van der Waals surface area contributed by atoms with Gasteiger partial charge in [0, 0.05) is 22.5 Å². The molecule has 0 radical (unpaired) electrons. The number of pyridine rings is 1. The van der Waals surface area contributed by atoms with Crippen molar-refractivity contribution in [1.82, 2.24) is 10.3 Å². The third kappa shape index (κ3) is 5.42. The number of esters is 1. The summed E-state index contributed by atoms with van der Waals surface area (Å²) in [6, 6.07) is 4.14. The predicted molar refractivity (Wildman–Crippen MR) is 86.0 cm³/mol. The molecule has 0 saturated heterocycles. The molecular weight excluding hydrogens is 340 g/mol.